The van der Waals surface area contributed by atoms with Gasteiger partial charge in [-0.1, -0.05) is 19.3 Å². The van der Waals surface area contributed by atoms with Crippen molar-refractivity contribution in [3.8, 4) is 0 Å². The van der Waals surface area contributed by atoms with E-state index in [1.807, 2.05) is 11.8 Å². The van der Waals surface area contributed by atoms with E-state index in [1.165, 1.54) is 38.2 Å². The molecule has 0 amide bonds. The van der Waals surface area contributed by atoms with Gasteiger partial charge in [-0.3, -0.25) is 4.79 Å². The smallest absolute Gasteiger partial charge is 0.250 e. The SMILES string of the molecule is O=c1ccnc(CSC2CCCCC2)[nH]1. The van der Waals surface area contributed by atoms with Gasteiger partial charge in [0.15, 0.2) is 0 Å². The minimum Gasteiger partial charge on any atom is -0.310 e. The first-order valence-corrected chi connectivity index (χ1v) is 6.55. The van der Waals surface area contributed by atoms with E-state index in [2.05, 4.69) is 9.97 Å². The number of nitrogens with zero attached hydrogens (tertiary/aromatic N) is 1. The van der Waals surface area contributed by atoms with Crippen LogP contribution in [-0.4, -0.2) is 15.2 Å². The summed E-state index contributed by atoms with van der Waals surface area (Å²) < 4.78 is 0. The molecular formula is C11H16N2OS. The van der Waals surface area contributed by atoms with Crippen molar-refractivity contribution in [2.24, 2.45) is 0 Å². The normalized spacial score (nSPS) is 17.9. The summed E-state index contributed by atoms with van der Waals surface area (Å²) in [5.74, 6) is 1.64. The van der Waals surface area contributed by atoms with Crippen molar-refractivity contribution < 1.29 is 0 Å². The number of thioether (sulfide) groups is 1. The molecule has 82 valence electrons. The van der Waals surface area contributed by atoms with Crippen LogP contribution in [-0.2, 0) is 5.75 Å². The van der Waals surface area contributed by atoms with Gasteiger partial charge >= 0.3 is 0 Å². The molecule has 1 aliphatic rings. The van der Waals surface area contributed by atoms with Crippen molar-refractivity contribution in [1.82, 2.24) is 9.97 Å². The van der Waals surface area contributed by atoms with Crippen LogP contribution in [0.15, 0.2) is 17.1 Å². The van der Waals surface area contributed by atoms with Crippen molar-refractivity contribution in [2.75, 3.05) is 0 Å². The molecule has 1 fully saturated rings. The Bertz CT molecular complexity index is 358. The van der Waals surface area contributed by atoms with Gasteiger partial charge in [0.05, 0.1) is 5.75 Å². The standard InChI is InChI=1S/C11H16N2OS/c14-11-6-7-12-10(13-11)8-15-9-4-2-1-3-5-9/h6-7,9H,1-5,8H2,(H,12,13,14). The summed E-state index contributed by atoms with van der Waals surface area (Å²) in [6.45, 7) is 0. The fourth-order valence-electron chi connectivity index (χ4n) is 1.91. The fraction of sp³-hybridized carbons (Fsp3) is 0.636. The van der Waals surface area contributed by atoms with Crippen molar-refractivity contribution >= 4 is 11.8 Å². The third-order valence-corrected chi connectivity index (χ3v) is 4.11. The van der Waals surface area contributed by atoms with E-state index in [-0.39, 0.29) is 5.56 Å². The lowest BCUT2D eigenvalue weighted by molar-refractivity contribution is 0.516. The van der Waals surface area contributed by atoms with Gasteiger partial charge in [-0.15, -0.1) is 0 Å². The van der Waals surface area contributed by atoms with E-state index in [4.69, 9.17) is 0 Å². The first kappa shape index (κ1) is 10.7. The highest BCUT2D eigenvalue weighted by Crippen LogP contribution is 2.29. The van der Waals surface area contributed by atoms with Crippen molar-refractivity contribution in [2.45, 2.75) is 43.1 Å². The van der Waals surface area contributed by atoms with Gasteiger partial charge in [0.2, 0.25) is 0 Å². The Morgan fingerprint density at radius 1 is 1.40 bits per heavy atom. The Morgan fingerprint density at radius 2 is 2.20 bits per heavy atom. The zero-order valence-corrected chi connectivity index (χ0v) is 9.55. The van der Waals surface area contributed by atoms with Crippen molar-refractivity contribution in [3.63, 3.8) is 0 Å². The molecule has 4 heteroatoms. The maximum absolute atomic E-state index is 11.0. The maximum atomic E-state index is 11.0. The third-order valence-electron chi connectivity index (χ3n) is 2.73. The molecule has 0 atom stereocenters. The molecule has 3 nitrogen and oxygen atoms in total. The molecule has 0 unspecified atom stereocenters. The van der Waals surface area contributed by atoms with Gasteiger partial charge in [0, 0.05) is 17.5 Å². The lowest BCUT2D eigenvalue weighted by atomic mass is 10.0. The van der Waals surface area contributed by atoms with Crippen LogP contribution in [0.3, 0.4) is 0 Å². The monoisotopic (exact) mass is 224 g/mol. The molecule has 0 radical (unpaired) electrons. The van der Waals surface area contributed by atoms with E-state index in [0.717, 1.165) is 16.8 Å². The first-order chi connectivity index (χ1) is 7.34. The van der Waals surface area contributed by atoms with Crippen LogP contribution >= 0.6 is 11.8 Å². The lowest BCUT2D eigenvalue weighted by Gasteiger charge is -2.20. The van der Waals surface area contributed by atoms with Crippen LogP contribution in [0.5, 0.6) is 0 Å². The van der Waals surface area contributed by atoms with Gasteiger partial charge in [0.1, 0.15) is 5.82 Å². The number of hydrogen-bond acceptors (Lipinski definition) is 3. The number of hydrogen-bond donors (Lipinski definition) is 1. The zero-order valence-electron chi connectivity index (χ0n) is 8.74. The van der Waals surface area contributed by atoms with E-state index >= 15 is 0 Å². The second-order valence-corrected chi connectivity index (χ2v) is 5.24. The van der Waals surface area contributed by atoms with Gasteiger partial charge in [-0.05, 0) is 12.8 Å². The zero-order chi connectivity index (χ0) is 10.5. The second kappa shape index (κ2) is 5.35. The molecule has 0 spiro atoms. The van der Waals surface area contributed by atoms with Gasteiger partial charge < -0.3 is 4.98 Å². The van der Waals surface area contributed by atoms with Gasteiger partial charge in [-0.2, -0.15) is 11.8 Å². The molecule has 0 saturated heterocycles. The van der Waals surface area contributed by atoms with E-state index < -0.39 is 0 Å². The molecule has 1 heterocycles. The minimum absolute atomic E-state index is 0.0516. The third kappa shape index (κ3) is 3.38. The molecule has 1 aliphatic carbocycles. The highest BCUT2D eigenvalue weighted by Gasteiger charge is 2.13. The first-order valence-electron chi connectivity index (χ1n) is 5.50. The average Bonchev–Trinajstić information content (AvgIpc) is 2.28. The van der Waals surface area contributed by atoms with Crippen LogP contribution in [0.4, 0.5) is 0 Å². The number of nitrogens with one attached hydrogen (secondary N) is 1. The number of aromatic nitrogens is 2. The highest BCUT2D eigenvalue weighted by atomic mass is 32.2. The van der Waals surface area contributed by atoms with Gasteiger partial charge in [0.25, 0.3) is 5.56 Å². The molecule has 1 N–H and O–H groups in total. The quantitative estimate of drug-likeness (QED) is 0.857. The lowest BCUT2D eigenvalue weighted by Crippen LogP contribution is -2.11. The Kier molecular flexibility index (Phi) is 3.83. The van der Waals surface area contributed by atoms with E-state index in [9.17, 15) is 4.79 Å². The predicted molar refractivity (Wildman–Crippen MR) is 63.0 cm³/mol. The van der Waals surface area contributed by atoms with Gasteiger partial charge in [-0.25, -0.2) is 4.98 Å². The Hall–Kier alpha value is -0.770. The Morgan fingerprint density at radius 3 is 2.93 bits per heavy atom. The topological polar surface area (TPSA) is 45.8 Å². The second-order valence-electron chi connectivity index (χ2n) is 3.95. The van der Waals surface area contributed by atoms with Crippen LogP contribution in [0.25, 0.3) is 0 Å². The Balaban J connectivity index is 1.84. The number of aromatic amines is 1. The van der Waals surface area contributed by atoms with Crippen molar-refractivity contribution in [1.29, 1.82) is 0 Å². The number of H-pyrrole nitrogens is 1. The predicted octanol–water partition coefficient (Wildman–Crippen LogP) is 2.34. The van der Waals surface area contributed by atoms with E-state index in [0.29, 0.717) is 0 Å². The maximum Gasteiger partial charge on any atom is 0.250 e. The molecule has 0 aromatic carbocycles. The van der Waals surface area contributed by atoms with Crippen LogP contribution in [0.1, 0.15) is 37.9 Å². The molecule has 0 aliphatic heterocycles. The average molecular weight is 224 g/mol. The molecule has 1 aromatic rings. The largest absolute Gasteiger partial charge is 0.310 e. The summed E-state index contributed by atoms with van der Waals surface area (Å²) in [6, 6.07) is 1.45. The molecule has 0 bridgehead atoms. The molecule has 2 rings (SSSR count). The summed E-state index contributed by atoms with van der Waals surface area (Å²) in [6.07, 6.45) is 8.32. The summed E-state index contributed by atoms with van der Waals surface area (Å²) in [7, 11) is 0. The summed E-state index contributed by atoms with van der Waals surface area (Å²) >= 11 is 1.93. The van der Waals surface area contributed by atoms with E-state index in [1.54, 1.807) is 6.20 Å². The van der Waals surface area contributed by atoms with Crippen molar-refractivity contribution in [3.05, 3.63) is 28.4 Å². The van der Waals surface area contributed by atoms with Crippen LogP contribution in [0.2, 0.25) is 0 Å². The van der Waals surface area contributed by atoms with Crippen LogP contribution in [0, 0.1) is 0 Å². The molecule has 1 aromatic heterocycles. The molecule has 15 heavy (non-hydrogen) atoms. The molecule has 1 saturated carbocycles. The van der Waals surface area contributed by atoms with Crippen LogP contribution < -0.4 is 5.56 Å². The highest BCUT2D eigenvalue weighted by molar-refractivity contribution is 7.99. The number of rotatable bonds is 3. The fourth-order valence-corrected chi connectivity index (χ4v) is 3.12. The summed E-state index contributed by atoms with van der Waals surface area (Å²) in [4.78, 5) is 17.9. The molecular weight excluding hydrogens is 208 g/mol. The Labute approximate surface area is 93.7 Å². The summed E-state index contributed by atoms with van der Waals surface area (Å²) in [5, 5.41) is 0.768. The minimum atomic E-state index is -0.0516. The summed E-state index contributed by atoms with van der Waals surface area (Å²) in [5.41, 5.74) is -0.0516.